The molecule has 2 heterocycles. The van der Waals surface area contributed by atoms with Crippen molar-refractivity contribution in [3.63, 3.8) is 0 Å². The number of carbonyl (C=O) groups excluding carboxylic acids is 1. The summed E-state index contributed by atoms with van der Waals surface area (Å²) in [5.74, 6) is 0.489. The van der Waals surface area contributed by atoms with Crippen LogP contribution < -0.4 is 10.6 Å². The fourth-order valence-electron chi connectivity index (χ4n) is 2.71. The summed E-state index contributed by atoms with van der Waals surface area (Å²) in [5, 5.41) is 10.4. The first-order valence-electron chi connectivity index (χ1n) is 7.69. The molecule has 22 heavy (non-hydrogen) atoms. The zero-order valence-electron chi connectivity index (χ0n) is 12.9. The first kappa shape index (κ1) is 14.8. The molecule has 2 atom stereocenters. The summed E-state index contributed by atoms with van der Waals surface area (Å²) < 4.78 is 5.21. The average Bonchev–Trinajstić information content (AvgIpc) is 3.00. The van der Waals surface area contributed by atoms with E-state index in [1.54, 1.807) is 6.07 Å². The number of hydrogen-bond donors (Lipinski definition) is 2. The monoisotopic (exact) mass is 299 g/mol. The van der Waals surface area contributed by atoms with Crippen LogP contribution in [0.3, 0.4) is 0 Å². The van der Waals surface area contributed by atoms with Crippen LogP contribution in [0.1, 0.15) is 29.5 Å². The fourth-order valence-corrected chi connectivity index (χ4v) is 2.71. The third kappa shape index (κ3) is 3.20. The zero-order chi connectivity index (χ0) is 15.5. The van der Waals surface area contributed by atoms with Gasteiger partial charge in [0.25, 0.3) is 5.91 Å². The molecule has 5 heteroatoms. The molecular weight excluding hydrogens is 278 g/mol. The van der Waals surface area contributed by atoms with Crippen molar-refractivity contribution in [2.75, 3.05) is 13.1 Å². The summed E-state index contributed by atoms with van der Waals surface area (Å²) in [4.78, 5) is 12.3. The maximum Gasteiger partial charge on any atom is 0.290 e. The lowest BCUT2D eigenvalue weighted by Crippen LogP contribution is -2.48. The molecule has 5 nitrogen and oxygen atoms in total. The van der Waals surface area contributed by atoms with Crippen LogP contribution in [0.25, 0.3) is 11.3 Å². The zero-order valence-corrected chi connectivity index (χ0v) is 12.9. The number of piperidine rings is 1. The van der Waals surface area contributed by atoms with Crippen LogP contribution in [0.2, 0.25) is 0 Å². The molecule has 1 aliphatic rings. The molecule has 2 aromatic rings. The Morgan fingerprint density at radius 3 is 2.86 bits per heavy atom. The minimum atomic E-state index is -0.190. The van der Waals surface area contributed by atoms with Crippen molar-refractivity contribution in [3.8, 4) is 11.3 Å². The number of rotatable bonds is 3. The van der Waals surface area contributed by atoms with Crippen LogP contribution in [0, 0.1) is 12.8 Å². The van der Waals surface area contributed by atoms with E-state index in [1.807, 2.05) is 31.2 Å². The summed E-state index contributed by atoms with van der Waals surface area (Å²) >= 11 is 0. The Kier molecular flexibility index (Phi) is 4.24. The predicted octanol–water partition coefficient (Wildman–Crippen LogP) is 2.38. The van der Waals surface area contributed by atoms with Gasteiger partial charge in [-0.2, -0.15) is 0 Å². The van der Waals surface area contributed by atoms with Crippen LogP contribution >= 0.6 is 0 Å². The second kappa shape index (κ2) is 6.32. The van der Waals surface area contributed by atoms with Crippen molar-refractivity contribution in [2.24, 2.45) is 5.92 Å². The molecule has 0 saturated carbocycles. The lowest BCUT2D eigenvalue weighted by molar-refractivity contribution is 0.0877. The topological polar surface area (TPSA) is 67.2 Å². The molecule has 1 fully saturated rings. The molecule has 116 valence electrons. The molecule has 2 N–H and O–H groups in total. The quantitative estimate of drug-likeness (QED) is 0.913. The van der Waals surface area contributed by atoms with Crippen molar-refractivity contribution in [3.05, 3.63) is 41.7 Å². The largest absolute Gasteiger partial charge is 0.350 e. The van der Waals surface area contributed by atoms with Crippen LogP contribution in [0.15, 0.2) is 34.9 Å². The molecular formula is C17H21N3O2. The number of carbonyl (C=O) groups is 1. The molecule has 1 aliphatic heterocycles. The highest BCUT2D eigenvalue weighted by molar-refractivity contribution is 5.92. The van der Waals surface area contributed by atoms with Crippen LogP contribution in [-0.4, -0.2) is 30.2 Å². The van der Waals surface area contributed by atoms with E-state index in [4.69, 9.17) is 4.52 Å². The summed E-state index contributed by atoms with van der Waals surface area (Å²) in [7, 11) is 0. The second-order valence-electron chi connectivity index (χ2n) is 5.99. The smallest absolute Gasteiger partial charge is 0.290 e. The van der Waals surface area contributed by atoms with Gasteiger partial charge in [-0.05, 0) is 32.4 Å². The molecule has 1 aromatic heterocycles. The first-order chi connectivity index (χ1) is 10.6. The van der Waals surface area contributed by atoms with Gasteiger partial charge in [0.1, 0.15) is 5.69 Å². The minimum absolute atomic E-state index is 0.182. The van der Waals surface area contributed by atoms with Gasteiger partial charge in [0.05, 0.1) is 0 Å². The van der Waals surface area contributed by atoms with E-state index in [0.717, 1.165) is 25.1 Å². The molecule has 0 bridgehead atoms. The Morgan fingerprint density at radius 2 is 2.14 bits per heavy atom. The second-order valence-corrected chi connectivity index (χ2v) is 5.99. The van der Waals surface area contributed by atoms with Crippen molar-refractivity contribution >= 4 is 5.91 Å². The molecule has 1 amide bonds. The summed E-state index contributed by atoms with van der Waals surface area (Å²) in [5.41, 5.74) is 2.82. The third-order valence-electron chi connectivity index (χ3n) is 4.18. The highest BCUT2D eigenvalue weighted by Crippen LogP contribution is 2.20. The molecule has 0 aliphatic carbocycles. The van der Waals surface area contributed by atoms with Gasteiger partial charge in [-0.25, -0.2) is 0 Å². The third-order valence-corrected chi connectivity index (χ3v) is 4.18. The predicted molar refractivity (Wildman–Crippen MR) is 84.6 cm³/mol. The van der Waals surface area contributed by atoms with E-state index in [0.29, 0.717) is 11.6 Å². The normalized spacial score (nSPS) is 21.5. The van der Waals surface area contributed by atoms with Crippen molar-refractivity contribution in [1.29, 1.82) is 0 Å². The SMILES string of the molecule is Cc1ccc(-c2cc(C(=O)NC3CCNCC3C)on2)cc1. The Hall–Kier alpha value is -2.14. The van der Waals surface area contributed by atoms with Gasteiger partial charge in [0.15, 0.2) is 0 Å². The van der Waals surface area contributed by atoms with Crippen LogP contribution in [-0.2, 0) is 0 Å². The number of nitrogens with zero attached hydrogens (tertiary/aromatic N) is 1. The Balaban J connectivity index is 1.70. The molecule has 1 saturated heterocycles. The van der Waals surface area contributed by atoms with Gasteiger partial charge in [-0.15, -0.1) is 0 Å². The number of hydrogen-bond acceptors (Lipinski definition) is 4. The summed E-state index contributed by atoms with van der Waals surface area (Å²) in [6.45, 7) is 6.02. The summed E-state index contributed by atoms with van der Waals surface area (Å²) in [6.07, 6.45) is 0.936. The lowest BCUT2D eigenvalue weighted by Gasteiger charge is -2.29. The standard InChI is InChI=1S/C17H21N3O2/c1-11-3-5-13(6-4-11)15-9-16(22-20-15)17(21)19-14-7-8-18-10-12(14)2/h3-6,9,12,14,18H,7-8,10H2,1-2H3,(H,19,21). The summed E-state index contributed by atoms with van der Waals surface area (Å²) in [6, 6.07) is 9.86. The van der Waals surface area contributed by atoms with Crippen LogP contribution in [0.5, 0.6) is 0 Å². The number of amides is 1. The lowest BCUT2D eigenvalue weighted by atomic mass is 9.95. The number of nitrogens with one attached hydrogen (secondary N) is 2. The molecule has 3 rings (SSSR count). The van der Waals surface area contributed by atoms with Gasteiger partial charge in [-0.1, -0.05) is 41.9 Å². The van der Waals surface area contributed by atoms with E-state index in [9.17, 15) is 4.79 Å². The maximum atomic E-state index is 12.3. The Morgan fingerprint density at radius 1 is 1.36 bits per heavy atom. The number of benzene rings is 1. The maximum absolute atomic E-state index is 12.3. The fraction of sp³-hybridized carbons (Fsp3) is 0.412. The number of aromatic nitrogens is 1. The van der Waals surface area contributed by atoms with Crippen molar-refractivity contribution < 1.29 is 9.32 Å². The number of aryl methyl sites for hydroxylation is 1. The Labute approximate surface area is 130 Å². The molecule has 0 spiro atoms. The van der Waals surface area contributed by atoms with Crippen molar-refractivity contribution in [2.45, 2.75) is 26.3 Å². The molecule has 1 aromatic carbocycles. The Bertz CT molecular complexity index is 648. The minimum Gasteiger partial charge on any atom is -0.350 e. The van der Waals surface area contributed by atoms with E-state index < -0.39 is 0 Å². The van der Waals surface area contributed by atoms with Gasteiger partial charge in [0, 0.05) is 17.7 Å². The average molecular weight is 299 g/mol. The van der Waals surface area contributed by atoms with Gasteiger partial charge in [0.2, 0.25) is 5.76 Å². The van der Waals surface area contributed by atoms with E-state index >= 15 is 0 Å². The molecule has 2 unspecified atom stereocenters. The van der Waals surface area contributed by atoms with E-state index in [-0.39, 0.29) is 17.7 Å². The molecule has 0 radical (unpaired) electrons. The van der Waals surface area contributed by atoms with Gasteiger partial charge in [-0.3, -0.25) is 4.79 Å². The van der Waals surface area contributed by atoms with E-state index in [1.165, 1.54) is 5.56 Å². The highest BCUT2D eigenvalue weighted by Gasteiger charge is 2.24. The van der Waals surface area contributed by atoms with Gasteiger partial charge < -0.3 is 15.2 Å². The van der Waals surface area contributed by atoms with Crippen molar-refractivity contribution in [1.82, 2.24) is 15.8 Å². The van der Waals surface area contributed by atoms with Gasteiger partial charge >= 0.3 is 0 Å². The van der Waals surface area contributed by atoms with E-state index in [2.05, 4.69) is 22.7 Å². The first-order valence-corrected chi connectivity index (χ1v) is 7.69. The van der Waals surface area contributed by atoms with Crippen LogP contribution in [0.4, 0.5) is 0 Å². The highest BCUT2D eigenvalue weighted by atomic mass is 16.5.